The minimum Gasteiger partial charge on any atom is -0.378 e. The van der Waals surface area contributed by atoms with Crippen LogP contribution in [0.5, 0.6) is 0 Å². The van der Waals surface area contributed by atoms with Crippen LogP contribution in [0, 0.1) is 0 Å². The van der Waals surface area contributed by atoms with Crippen molar-refractivity contribution in [1.82, 2.24) is 20.3 Å². The molecule has 112 valence electrons. The normalized spacial score (nSPS) is 16.9. The molecule has 0 spiro atoms. The van der Waals surface area contributed by atoms with Crippen molar-refractivity contribution >= 4 is 5.82 Å². The maximum atomic E-state index is 5.38. The van der Waals surface area contributed by atoms with Gasteiger partial charge in [0.25, 0.3) is 0 Å². The number of ether oxygens (including phenoxy) is 1. The monoisotopic (exact) mass is 287 g/mol. The van der Waals surface area contributed by atoms with Gasteiger partial charge < -0.3 is 19.9 Å². The average Bonchev–Trinajstić information content (AvgIpc) is 3.08. The predicted octanol–water partition coefficient (Wildman–Crippen LogP) is 1.49. The molecule has 1 atom stereocenters. The second-order valence-corrected chi connectivity index (χ2v) is 5.20. The van der Waals surface area contributed by atoms with E-state index in [0.29, 0.717) is 0 Å². The van der Waals surface area contributed by atoms with Crippen molar-refractivity contribution in [1.29, 1.82) is 0 Å². The molecule has 0 amide bonds. The summed E-state index contributed by atoms with van der Waals surface area (Å²) in [5.41, 5.74) is 2.13. The lowest BCUT2D eigenvalue weighted by atomic mass is 10.2. The number of hydrogen-bond donors (Lipinski definition) is 2. The summed E-state index contributed by atoms with van der Waals surface area (Å²) in [6.07, 6.45) is 3.54. The zero-order valence-corrected chi connectivity index (χ0v) is 12.2. The number of aromatic nitrogens is 3. The van der Waals surface area contributed by atoms with E-state index in [1.165, 1.54) is 0 Å². The largest absolute Gasteiger partial charge is 0.378 e. The van der Waals surface area contributed by atoms with Gasteiger partial charge in [-0.25, -0.2) is 9.97 Å². The lowest BCUT2D eigenvalue weighted by Gasteiger charge is -2.28. The molecule has 0 bridgehead atoms. The number of imidazole rings is 1. The molecule has 6 heteroatoms. The van der Waals surface area contributed by atoms with E-state index >= 15 is 0 Å². The molecule has 1 fully saturated rings. The van der Waals surface area contributed by atoms with Crippen LogP contribution in [0.1, 0.15) is 24.4 Å². The van der Waals surface area contributed by atoms with Crippen molar-refractivity contribution in [3.63, 3.8) is 0 Å². The predicted molar refractivity (Wildman–Crippen MR) is 81.1 cm³/mol. The lowest BCUT2D eigenvalue weighted by Crippen LogP contribution is -2.36. The topological polar surface area (TPSA) is 66.1 Å². The third-order valence-corrected chi connectivity index (χ3v) is 3.70. The number of H-pyrrole nitrogens is 1. The first kappa shape index (κ1) is 14.0. The van der Waals surface area contributed by atoms with Crippen LogP contribution >= 0.6 is 0 Å². The fraction of sp³-hybridized carbons (Fsp3) is 0.467. The van der Waals surface area contributed by atoms with E-state index in [4.69, 9.17) is 9.72 Å². The third kappa shape index (κ3) is 3.59. The van der Waals surface area contributed by atoms with Crippen LogP contribution in [0.4, 0.5) is 5.82 Å². The number of nitrogens with zero attached hydrogens (tertiary/aromatic N) is 3. The molecule has 3 rings (SSSR count). The number of morpholine rings is 1. The summed E-state index contributed by atoms with van der Waals surface area (Å²) in [5.74, 6) is 1.03. The maximum absolute atomic E-state index is 5.38. The molecule has 2 aromatic heterocycles. The van der Waals surface area contributed by atoms with E-state index in [1.807, 2.05) is 6.20 Å². The molecule has 1 saturated heterocycles. The van der Waals surface area contributed by atoms with Crippen LogP contribution < -0.4 is 10.2 Å². The van der Waals surface area contributed by atoms with Crippen LogP contribution in [0.3, 0.4) is 0 Å². The minimum absolute atomic E-state index is 0.223. The third-order valence-electron chi connectivity index (χ3n) is 3.70. The van der Waals surface area contributed by atoms with Crippen molar-refractivity contribution in [3.05, 3.63) is 42.1 Å². The Morgan fingerprint density at radius 1 is 1.38 bits per heavy atom. The van der Waals surface area contributed by atoms with Crippen LogP contribution in [0.2, 0.25) is 0 Å². The van der Waals surface area contributed by atoms with Crippen molar-refractivity contribution in [2.75, 3.05) is 31.2 Å². The quantitative estimate of drug-likeness (QED) is 0.872. The van der Waals surface area contributed by atoms with E-state index in [9.17, 15) is 0 Å². The van der Waals surface area contributed by atoms with Crippen molar-refractivity contribution in [3.8, 4) is 0 Å². The summed E-state index contributed by atoms with van der Waals surface area (Å²) in [4.78, 5) is 14.2. The van der Waals surface area contributed by atoms with E-state index in [2.05, 4.69) is 45.3 Å². The van der Waals surface area contributed by atoms with Gasteiger partial charge in [0.2, 0.25) is 0 Å². The van der Waals surface area contributed by atoms with Crippen molar-refractivity contribution < 1.29 is 4.74 Å². The lowest BCUT2D eigenvalue weighted by molar-refractivity contribution is 0.122. The highest BCUT2D eigenvalue weighted by Crippen LogP contribution is 2.14. The van der Waals surface area contributed by atoms with Gasteiger partial charge >= 0.3 is 0 Å². The molecule has 21 heavy (non-hydrogen) atoms. The second-order valence-electron chi connectivity index (χ2n) is 5.20. The number of nitrogens with one attached hydrogen (secondary N) is 2. The second kappa shape index (κ2) is 6.69. The molecule has 1 aliphatic heterocycles. The van der Waals surface area contributed by atoms with Crippen LogP contribution in [-0.4, -0.2) is 41.3 Å². The standard InChI is InChI=1S/C15H21N5O/c1-12(14-10-16-11-18-14)17-9-13-3-2-4-15(19-13)20-5-7-21-8-6-20/h2-4,10-12,17H,5-9H2,1H3,(H,16,18). The maximum Gasteiger partial charge on any atom is 0.129 e. The smallest absolute Gasteiger partial charge is 0.129 e. The first-order valence-electron chi connectivity index (χ1n) is 7.33. The molecule has 1 unspecified atom stereocenters. The molecule has 0 radical (unpaired) electrons. The summed E-state index contributed by atoms with van der Waals surface area (Å²) < 4.78 is 5.38. The first-order chi connectivity index (χ1) is 10.3. The Hall–Kier alpha value is -1.92. The number of pyridine rings is 1. The summed E-state index contributed by atoms with van der Waals surface area (Å²) in [6.45, 7) is 6.22. The zero-order valence-electron chi connectivity index (χ0n) is 12.2. The van der Waals surface area contributed by atoms with Gasteiger partial charge in [-0.15, -0.1) is 0 Å². The van der Waals surface area contributed by atoms with Gasteiger partial charge in [0.15, 0.2) is 0 Å². The molecule has 2 N–H and O–H groups in total. The Bertz CT molecular complexity index is 551. The minimum atomic E-state index is 0.223. The Labute approximate surface area is 124 Å². The van der Waals surface area contributed by atoms with Crippen LogP contribution in [-0.2, 0) is 11.3 Å². The number of hydrogen-bond acceptors (Lipinski definition) is 5. The number of anilines is 1. The summed E-state index contributed by atoms with van der Waals surface area (Å²) in [6, 6.07) is 6.40. The van der Waals surface area contributed by atoms with Gasteiger partial charge in [-0.1, -0.05) is 6.07 Å². The van der Waals surface area contributed by atoms with E-state index in [1.54, 1.807) is 6.33 Å². The molecular weight excluding hydrogens is 266 g/mol. The molecule has 6 nitrogen and oxygen atoms in total. The molecule has 0 aromatic carbocycles. The average molecular weight is 287 g/mol. The summed E-state index contributed by atoms with van der Waals surface area (Å²) >= 11 is 0. The van der Waals surface area contributed by atoms with Gasteiger partial charge in [0, 0.05) is 31.9 Å². The highest BCUT2D eigenvalue weighted by molar-refractivity contribution is 5.39. The van der Waals surface area contributed by atoms with E-state index in [-0.39, 0.29) is 6.04 Å². The van der Waals surface area contributed by atoms with Gasteiger partial charge in [0.1, 0.15) is 5.82 Å². The van der Waals surface area contributed by atoms with Gasteiger partial charge in [0.05, 0.1) is 30.9 Å². The zero-order chi connectivity index (χ0) is 14.5. The Kier molecular flexibility index (Phi) is 4.47. The van der Waals surface area contributed by atoms with Crippen molar-refractivity contribution in [2.45, 2.75) is 19.5 Å². The molecule has 3 heterocycles. The fourth-order valence-electron chi connectivity index (χ4n) is 2.41. The SMILES string of the molecule is CC(NCc1cccc(N2CCOCC2)n1)c1cnc[nH]1. The fourth-order valence-corrected chi connectivity index (χ4v) is 2.41. The first-order valence-corrected chi connectivity index (χ1v) is 7.33. The van der Waals surface area contributed by atoms with E-state index < -0.39 is 0 Å². The van der Waals surface area contributed by atoms with Crippen LogP contribution in [0.25, 0.3) is 0 Å². The Morgan fingerprint density at radius 2 is 2.24 bits per heavy atom. The molecular formula is C15H21N5O. The molecule has 0 aliphatic carbocycles. The Balaban J connectivity index is 1.60. The van der Waals surface area contributed by atoms with Gasteiger partial charge in [-0.3, -0.25) is 0 Å². The van der Waals surface area contributed by atoms with Crippen molar-refractivity contribution in [2.24, 2.45) is 0 Å². The van der Waals surface area contributed by atoms with Gasteiger partial charge in [-0.05, 0) is 19.1 Å². The highest BCUT2D eigenvalue weighted by atomic mass is 16.5. The number of aromatic amines is 1. The summed E-state index contributed by atoms with van der Waals surface area (Å²) in [5, 5.41) is 3.45. The van der Waals surface area contributed by atoms with Crippen LogP contribution in [0.15, 0.2) is 30.7 Å². The van der Waals surface area contributed by atoms with Gasteiger partial charge in [-0.2, -0.15) is 0 Å². The molecule has 1 aliphatic rings. The molecule has 0 saturated carbocycles. The number of rotatable bonds is 5. The molecule has 2 aromatic rings. The highest BCUT2D eigenvalue weighted by Gasteiger charge is 2.13. The summed E-state index contributed by atoms with van der Waals surface area (Å²) in [7, 11) is 0. The Morgan fingerprint density at radius 3 is 3.00 bits per heavy atom. The van der Waals surface area contributed by atoms with E-state index in [0.717, 1.165) is 50.1 Å².